The molecular formula is C11H12ClN3. The largest absolute Gasteiger partial charge is 0.378 e. The van der Waals surface area contributed by atoms with Gasteiger partial charge in [-0.15, -0.1) is 0 Å². The van der Waals surface area contributed by atoms with Gasteiger partial charge < -0.3 is 5.32 Å². The van der Waals surface area contributed by atoms with Crippen molar-refractivity contribution in [3.8, 4) is 0 Å². The molecule has 3 nitrogen and oxygen atoms in total. The number of benzene rings is 1. The Hall–Kier alpha value is -1.48. The zero-order valence-electron chi connectivity index (χ0n) is 8.44. The van der Waals surface area contributed by atoms with Crippen molar-refractivity contribution in [1.29, 1.82) is 0 Å². The zero-order chi connectivity index (χ0) is 10.7. The Morgan fingerprint density at radius 2 is 2.13 bits per heavy atom. The third-order valence-corrected chi connectivity index (χ3v) is 2.59. The highest BCUT2D eigenvalue weighted by Crippen LogP contribution is 2.20. The fourth-order valence-corrected chi connectivity index (χ4v) is 1.57. The Morgan fingerprint density at radius 3 is 2.80 bits per heavy atom. The van der Waals surface area contributed by atoms with E-state index in [9.17, 15) is 0 Å². The van der Waals surface area contributed by atoms with E-state index in [1.807, 2.05) is 42.1 Å². The van der Waals surface area contributed by atoms with Crippen LogP contribution in [0, 0.1) is 0 Å². The molecule has 0 aliphatic heterocycles. The molecule has 0 saturated heterocycles. The molecule has 2 rings (SSSR count). The van der Waals surface area contributed by atoms with Crippen molar-refractivity contribution in [1.82, 2.24) is 9.78 Å². The predicted octanol–water partition coefficient (Wildman–Crippen LogP) is 2.69. The molecule has 0 unspecified atom stereocenters. The van der Waals surface area contributed by atoms with E-state index in [0.29, 0.717) is 0 Å². The first-order valence-electron chi connectivity index (χ1n) is 4.72. The van der Waals surface area contributed by atoms with E-state index < -0.39 is 0 Å². The van der Waals surface area contributed by atoms with Crippen LogP contribution in [0.5, 0.6) is 0 Å². The quantitative estimate of drug-likeness (QED) is 0.864. The van der Waals surface area contributed by atoms with E-state index in [1.54, 1.807) is 6.20 Å². The first-order chi connectivity index (χ1) is 7.27. The molecule has 0 bridgehead atoms. The zero-order valence-corrected chi connectivity index (χ0v) is 9.20. The smallest absolute Gasteiger partial charge is 0.0637 e. The number of nitrogens with zero attached hydrogens (tertiary/aromatic N) is 2. The normalized spacial score (nSPS) is 10.3. The summed E-state index contributed by atoms with van der Waals surface area (Å²) in [6.07, 6.45) is 1.78. The third-order valence-electron chi connectivity index (χ3n) is 2.26. The first-order valence-corrected chi connectivity index (χ1v) is 5.10. The lowest BCUT2D eigenvalue weighted by atomic mass is 10.3. The lowest BCUT2D eigenvalue weighted by molar-refractivity contribution is 0.720. The summed E-state index contributed by atoms with van der Waals surface area (Å²) < 4.78 is 1.84. The molecule has 0 atom stereocenters. The van der Waals surface area contributed by atoms with Gasteiger partial charge in [-0.2, -0.15) is 5.10 Å². The third kappa shape index (κ3) is 2.30. The second-order valence-electron chi connectivity index (χ2n) is 3.28. The highest BCUT2D eigenvalue weighted by Gasteiger charge is 2.00. The number of nitrogens with one attached hydrogen (secondary N) is 1. The Bertz CT molecular complexity index is 451. The van der Waals surface area contributed by atoms with Gasteiger partial charge >= 0.3 is 0 Å². The van der Waals surface area contributed by atoms with Crippen LogP contribution < -0.4 is 5.32 Å². The van der Waals surface area contributed by atoms with Crippen LogP contribution in [0.3, 0.4) is 0 Å². The number of anilines is 1. The van der Waals surface area contributed by atoms with Crippen molar-refractivity contribution < 1.29 is 0 Å². The fourth-order valence-electron chi connectivity index (χ4n) is 1.37. The van der Waals surface area contributed by atoms with E-state index in [-0.39, 0.29) is 0 Å². The molecule has 1 heterocycles. The summed E-state index contributed by atoms with van der Waals surface area (Å²) in [5, 5.41) is 8.09. The predicted molar refractivity (Wildman–Crippen MR) is 62.0 cm³/mol. The van der Waals surface area contributed by atoms with Crippen LogP contribution >= 0.6 is 11.6 Å². The van der Waals surface area contributed by atoms with Crippen molar-refractivity contribution in [3.05, 3.63) is 47.2 Å². The monoisotopic (exact) mass is 221 g/mol. The van der Waals surface area contributed by atoms with Gasteiger partial charge in [0.05, 0.1) is 22.9 Å². The molecule has 0 aliphatic carbocycles. The molecule has 78 valence electrons. The van der Waals surface area contributed by atoms with E-state index in [2.05, 4.69) is 10.4 Å². The average molecular weight is 222 g/mol. The molecule has 0 aliphatic rings. The lowest BCUT2D eigenvalue weighted by Gasteiger charge is -2.07. The van der Waals surface area contributed by atoms with Gasteiger partial charge in [0.15, 0.2) is 0 Å². The number of aryl methyl sites for hydroxylation is 1. The summed E-state index contributed by atoms with van der Waals surface area (Å²) in [5.41, 5.74) is 2.07. The molecule has 0 spiro atoms. The molecule has 1 aromatic carbocycles. The van der Waals surface area contributed by atoms with Crippen LogP contribution in [0.25, 0.3) is 0 Å². The van der Waals surface area contributed by atoms with E-state index in [4.69, 9.17) is 11.6 Å². The number of para-hydroxylation sites is 1. The topological polar surface area (TPSA) is 29.9 Å². The van der Waals surface area contributed by atoms with Crippen LogP contribution in [-0.2, 0) is 13.6 Å². The van der Waals surface area contributed by atoms with E-state index in [1.165, 1.54) is 0 Å². The van der Waals surface area contributed by atoms with Gasteiger partial charge in [-0.25, -0.2) is 0 Å². The fraction of sp³-hybridized carbons (Fsp3) is 0.182. The van der Waals surface area contributed by atoms with Crippen LogP contribution in [0.4, 0.5) is 5.69 Å². The molecule has 0 saturated carbocycles. The van der Waals surface area contributed by atoms with Gasteiger partial charge in [0.2, 0.25) is 0 Å². The van der Waals surface area contributed by atoms with Crippen molar-refractivity contribution in [2.24, 2.45) is 7.05 Å². The maximum absolute atomic E-state index is 6.02. The van der Waals surface area contributed by atoms with E-state index >= 15 is 0 Å². The van der Waals surface area contributed by atoms with Gasteiger partial charge in [0, 0.05) is 13.2 Å². The maximum Gasteiger partial charge on any atom is 0.0637 e. The highest BCUT2D eigenvalue weighted by molar-refractivity contribution is 6.33. The maximum atomic E-state index is 6.02. The van der Waals surface area contributed by atoms with Gasteiger partial charge in [-0.1, -0.05) is 23.7 Å². The number of rotatable bonds is 3. The minimum absolute atomic E-state index is 0.722. The molecule has 15 heavy (non-hydrogen) atoms. The minimum Gasteiger partial charge on any atom is -0.378 e. The van der Waals surface area contributed by atoms with Gasteiger partial charge in [0.1, 0.15) is 0 Å². The summed E-state index contributed by atoms with van der Waals surface area (Å²) in [6.45, 7) is 0.722. The highest BCUT2D eigenvalue weighted by atomic mass is 35.5. The molecule has 0 fully saturated rings. The van der Waals surface area contributed by atoms with E-state index in [0.717, 1.165) is 22.9 Å². The summed E-state index contributed by atoms with van der Waals surface area (Å²) >= 11 is 6.02. The number of halogens is 1. The molecular weight excluding hydrogens is 210 g/mol. The van der Waals surface area contributed by atoms with Crippen LogP contribution in [0.2, 0.25) is 5.02 Å². The number of hydrogen-bond donors (Lipinski definition) is 1. The minimum atomic E-state index is 0.722. The molecule has 0 amide bonds. The standard InChI is InChI=1S/C11H12ClN3/c1-15-9(6-7-14-15)8-13-11-5-3-2-4-10(11)12/h2-7,13H,8H2,1H3. The summed E-state index contributed by atoms with van der Waals surface area (Å²) in [6, 6.07) is 9.67. The van der Waals surface area contributed by atoms with Crippen LogP contribution in [0.1, 0.15) is 5.69 Å². The number of aromatic nitrogens is 2. The van der Waals surface area contributed by atoms with Gasteiger partial charge in [-0.05, 0) is 18.2 Å². The Kier molecular flexibility index (Phi) is 2.92. The van der Waals surface area contributed by atoms with Crippen molar-refractivity contribution in [2.75, 3.05) is 5.32 Å². The molecule has 4 heteroatoms. The van der Waals surface area contributed by atoms with Gasteiger partial charge in [0.25, 0.3) is 0 Å². The Labute approximate surface area is 93.7 Å². The van der Waals surface area contributed by atoms with Gasteiger partial charge in [-0.3, -0.25) is 4.68 Å². The summed E-state index contributed by atoms with van der Waals surface area (Å²) in [4.78, 5) is 0. The molecule has 1 aromatic heterocycles. The summed E-state index contributed by atoms with van der Waals surface area (Å²) in [5.74, 6) is 0. The second kappa shape index (κ2) is 4.36. The van der Waals surface area contributed by atoms with Crippen molar-refractivity contribution in [2.45, 2.75) is 6.54 Å². The van der Waals surface area contributed by atoms with Crippen LogP contribution in [-0.4, -0.2) is 9.78 Å². The van der Waals surface area contributed by atoms with Crippen molar-refractivity contribution in [3.63, 3.8) is 0 Å². The molecule has 0 radical (unpaired) electrons. The molecule has 1 N–H and O–H groups in total. The molecule has 2 aromatic rings. The van der Waals surface area contributed by atoms with Crippen molar-refractivity contribution >= 4 is 17.3 Å². The second-order valence-corrected chi connectivity index (χ2v) is 3.69. The Morgan fingerprint density at radius 1 is 1.33 bits per heavy atom. The Balaban J connectivity index is 2.06. The SMILES string of the molecule is Cn1nccc1CNc1ccccc1Cl. The summed E-state index contributed by atoms with van der Waals surface area (Å²) in [7, 11) is 1.92. The van der Waals surface area contributed by atoms with Crippen LogP contribution in [0.15, 0.2) is 36.5 Å². The average Bonchev–Trinajstić information content (AvgIpc) is 2.63. The number of hydrogen-bond acceptors (Lipinski definition) is 2. The first kappa shape index (κ1) is 10.1. The lowest BCUT2D eigenvalue weighted by Crippen LogP contribution is -2.05.